The number of ether oxygens (including phenoxy) is 3. The zero-order chi connectivity index (χ0) is 8.52. The summed E-state index contributed by atoms with van der Waals surface area (Å²) in [7, 11) is 0. The van der Waals surface area contributed by atoms with Crippen LogP contribution in [0, 0.1) is 0 Å². The Balaban J connectivity index is 1.51. The largest absolute Gasteiger partial charge is 0.370 e. The van der Waals surface area contributed by atoms with Crippen LogP contribution in [0.2, 0.25) is 0 Å². The summed E-state index contributed by atoms with van der Waals surface area (Å²) in [5.41, 5.74) is 0.255. The number of hydrogen-bond acceptors (Lipinski definition) is 3. The minimum atomic E-state index is 0.127. The molecule has 2 saturated heterocycles. The summed E-state index contributed by atoms with van der Waals surface area (Å²) in [5, 5.41) is 0. The Morgan fingerprint density at radius 1 is 0.846 bits per heavy atom. The average molecular weight is 182 g/mol. The molecule has 0 amide bonds. The van der Waals surface area contributed by atoms with Gasteiger partial charge in [0.2, 0.25) is 0 Å². The third kappa shape index (κ3) is 1.01. The van der Waals surface area contributed by atoms with Crippen molar-refractivity contribution in [1.82, 2.24) is 0 Å². The molecule has 0 bridgehead atoms. The monoisotopic (exact) mass is 182 g/mol. The summed E-state index contributed by atoms with van der Waals surface area (Å²) < 4.78 is 16.9. The highest BCUT2D eigenvalue weighted by molar-refractivity contribution is 5.15. The second-order valence-corrected chi connectivity index (χ2v) is 4.88. The Kier molecular flexibility index (Phi) is 1.08. The van der Waals surface area contributed by atoms with Gasteiger partial charge in [0.1, 0.15) is 12.2 Å². The van der Waals surface area contributed by atoms with Gasteiger partial charge in [0.25, 0.3) is 0 Å². The van der Waals surface area contributed by atoms with Crippen LogP contribution in [0.15, 0.2) is 0 Å². The fourth-order valence-corrected chi connectivity index (χ4v) is 2.33. The molecule has 3 heteroatoms. The molecule has 0 spiro atoms. The van der Waals surface area contributed by atoms with E-state index in [0.29, 0.717) is 12.2 Å². The van der Waals surface area contributed by atoms with Crippen LogP contribution in [0.5, 0.6) is 0 Å². The molecule has 0 aromatic carbocycles. The van der Waals surface area contributed by atoms with Crippen molar-refractivity contribution in [2.75, 3.05) is 13.2 Å². The third-order valence-corrected chi connectivity index (χ3v) is 3.73. The smallest absolute Gasteiger partial charge is 0.110 e. The molecule has 4 rings (SSSR count). The molecule has 0 radical (unpaired) electrons. The van der Waals surface area contributed by atoms with Crippen molar-refractivity contribution in [2.45, 2.75) is 49.1 Å². The lowest BCUT2D eigenvalue weighted by Gasteiger charge is -2.21. The van der Waals surface area contributed by atoms with E-state index in [1.54, 1.807) is 0 Å². The average Bonchev–Trinajstić information content (AvgIpc) is 2.92. The van der Waals surface area contributed by atoms with Crippen LogP contribution in [-0.4, -0.2) is 36.6 Å². The van der Waals surface area contributed by atoms with Crippen LogP contribution >= 0.6 is 0 Å². The summed E-state index contributed by atoms with van der Waals surface area (Å²) in [6, 6.07) is 0. The van der Waals surface area contributed by atoms with Crippen molar-refractivity contribution in [3.05, 3.63) is 0 Å². The lowest BCUT2D eigenvalue weighted by molar-refractivity contribution is -0.0720. The topological polar surface area (TPSA) is 34.3 Å². The van der Waals surface area contributed by atoms with E-state index in [-0.39, 0.29) is 11.2 Å². The molecule has 4 aliphatic rings. The summed E-state index contributed by atoms with van der Waals surface area (Å²) in [6.07, 6.45) is 5.64. The molecule has 72 valence electrons. The highest BCUT2D eigenvalue weighted by Gasteiger charge is 2.66. The van der Waals surface area contributed by atoms with Gasteiger partial charge in [0, 0.05) is 0 Å². The Hall–Kier alpha value is -0.120. The molecular formula is C10H14O3. The molecule has 3 nitrogen and oxygen atoms in total. The predicted octanol–water partition coefficient (Wildman–Crippen LogP) is 0.866. The highest BCUT2D eigenvalue weighted by Crippen LogP contribution is 2.58. The van der Waals surface area contributed by atoms with E-state index < -0.39 is 0 Å². The summed E-state index contributed by atoms with van der Waals surface area (Å²) in [5.74, 6) is 0. The molecule has 13 heavy (non-hydrogen) atoms. The Labute approximate surface area is 77.3 Å². The van der Waals surface area contributed by atoms with Crippen molar-refractivity contribution < 1.29 is 14.2 Å². The van der Waals surface area contributed by atoms with E-state index in [4.69, 9.17) is 14.2 Å². The van der Waals surface area contributed by atoms with Crippen molar-refractivity contribution in [2.24, 2.45) is 0 Å². The van der Waals surface area contributed by atoms with Gasteiger partial charge in [-0.25, -0.2) is 0 Å². The molecule has 2 heterocycles. The zero-order valence-corrected chi connectivity index (χ0v) is 7.62. The molecular weight excluding hydrogens is 168 g/mol. The van der Waals surface area contributed by atoms with Crippen LogP contribution in [0.3, 0.4) is 0 Å². The van der Waals surface area contributed by atoms with Crippen molar-refractivity contribution in [3.8, 4) is 0 Å². The molecule has 0 N–H and O–H groups in total. The molecule has 2 atom stereocenters. The third-order valence-electron chi connectivity index (χ3n) is 3.73. The number of rotatable bonds is 4. The summed E-state index contributed by atoms with van der Waals surface area (Å²) in [4.78, 5) is 0. The van der Waals surface area contributed by atoms with Gasteiger partial charge in [-0.05, 0) is 25.7 Å². The Morgan fingerprint density at radius 3 is 1.46 bits per heavy atom. The fourth-order valence-electron chi connectivity index (χ4n) is 2.33. The molecule has 2 unspecified atom stereocenters. The van der Waals surface area contributed by atoms with Gasteiger partial charge in [-0.3, -0.25) is 0 Å². The van der Waals surface area contributed by atoms with Crippen LogP contribution in [-0.2, 0) is 14.2 Å². The van der Waals surface area contributed by atoms with Crippen LogP contribution in [0.1, 0.15) is 25.7 Å². The molecule has 4 fully saturated rings. The van der Waals surface area contributed by atoms with E-state index in [1.165, 1.54) is 25.7 Å². The minimum absolute atomic E-state index is 0.127. The lowest BCUT2D eigenvalue weighted by Crippen LogP contribution is -2.33. The molecule has 0 aromatic heterocycles. The Morgan fingerprint density at radius 2 is 1.23 bits per heavy atom. The highest BCUT2D eigenvalue weighted by atomic mass is 16.7. The second-order valence-electron chi connectivity index (χ2n) is 4.88. The maximum Gasteiger partial charge on any atom is 0.110 e. The molecule has 2 aliphatic carbocycles. The first-order chi connectivity index (χ1) is 6.33. The first kappa shape index (κ1) is 7.21. The standard InChI is InChI=1S/C10H14O3/c1-2-9(1,7-5-11-7)13-10(3-4-10)8-6-12-8/h7-8H,1-6H2. The van der Waals surface area contributed by atoms with E-state index >= 15 is 0 Å². The lowest BCUT2D eigenvalue weighted by atomic mass is 10.2. The normalized spacial score (nSPS) is 47.1. The quantitative estimate of drug-likeness (QED) is 0.605. The van der Waals surface area contributed by atoms with E-state index in [0.717, 1.165) is 13.2 Å². The van der Waals surface area contributed by atoms with E-state index in [2.05, 4.69) is 0 Å². The van der Waals surface area contributed by atoms with E-state index in [9.17, 15) is 0 Å². The summed E-state index contributed by atoms with van der Waals surface area (Å²) in [6.45, 7) is 1.84. The van der Waals surface area contributed by atoms with Crippen molar-refractivity contribution in [1.29, 1.82) is 0 Å². The molecule has 2 saturated carbocycles. The number of hydrogen-bond donors (Lipinski definition) is 0. The van der Waals surface area contributed by atoms with E-state index in [1.807, 2.05) is 0 Å². The minimum Gasteiger partial charge on any atom is -0.370 e. The van der Waals surface area contributed by atoms with Crippen LogP contribution in [0.4, 0.5) is 0 Å². The van der Waals surface area contributed by atoms with Gasteiger partial charge in [-0.15, -0.1) is 0 Å². The maximum atomic E-state index is 6.25. The van der Waals surface area contributed by atoms with Crippen LogP contribution < -0.4 is 0 Å². The van der Waals surface area contributed by atoms with Gasteiger partial charge in [0.15, 0.2) is 0 Å². The maximum absolute atomic E-state index is 6.25. The van der Waals surface area contributed by atoms with Gasteiger partial charge in [0.05, 0.1) is 24.4 Å². The fraction of sp³-hybridized carbons (Fsp3) is 1.00. The summed E-state index contributed by atoms with van der Waals surface area (Å²) >= 11 is 0. The predicted molar refractivity (Wildman–Crippen MR) is 44.5 cm³/mol. The zero-order valence-electron chi connectivity index (χ0n) is 7.62. The molecule has 2 aliphatic heterocycles. The molecule has 0 aromatic rings. The van der Waals surface area contributed by atoms with Gasteiger partial charge in [-0.2, -0.15) is 0 Å². The van der Waals surface area contributed by atoms with Crippen molar-refractivity contribution >= 4 is 0 Å². The van der Waals surface area contributed by atoms with Gasteiger partial charge < -0.3 is 14.2 Å². The van der Waals surface area contributed by atoms with Crippen LogP contribution in [0.25, 0.3) is 0 Å². The number of epoxide rings is 2. The first-order valence-corrected chi connectivity index (χ1v) is 5.27. The second kappa shape index (κ2) is 1.95. The van der Waals surface area contributed by atoms with Crippen molar-refractivity contribution in [3.63, 3.8) is 0 Å². The Bertz CT molecular complexity index is 221. The van der Waals surface area contributed by atoms with Gasteiger partial charge >= 0.3 is 0 Å². The van der Waals surface area contributed by atoms with Gasteiger partial charge in [-0.1, -0.05) is 0 Å². The first-order valence-electron chi connectivity index (χ1n) is 5.27. The SMILES string of the molecule is C1OC1C1(OC2(C3CO3)CC2)CC1.